The quantitative estimate of drug-likeness (QED) is 0.768. The standard InChI is InChI=1S/C12H22N2OS/c1-16-11-5-3-2-4-10(11)14-12(15)8-13-9-6-7-9/h9-11,13H,2-8H2,1H3,(H,14,15). The van der Waals surface area contributed by atoms with Gasteiger partial charge in [0.25, 0.3) is 0 Å². The van der Waals surface area contributed by atoms with Crippen molar-refractivity contribution in [2.45, 2.75) is 55.9 Å². The summed E-state index contributed by atoms with van der Waals surface area (Å²) in [4.78, 5) is 11.7. The van der Waals surface area contributed by atoms with Gasteiger partial charge in [-0.25, -0.2) is 0 Å². The molecule has 2 saturated carbocycles. The second-order valence-electron chi connectivity index (χ2n) is 4.89. The molecule has 1 amide bonds. The number of thioether (sulfide) groups is 1. The van der Waals surface area contributed by atoms with Crippen LogP contribution < -0.4 is 10.6 Å². The summed E-state index contributed by atoms with van der Waals surface area (Å²) < 4.78 is 0. The topological polar surface area (TPSA) is 41.1 Å². The Balaban J connectivity index is 1.70. The third kappa shape index (κ3) is 3.67. The van der Waals surface area contributed by atoms with Gasteiger partial charge in [-0.05, 0) is 31.9 Å². The van der Waals surface area contributed by atoms with Crippen molar-refractivity contribution in [3.05, 3.63) is 0 Å². The molecule has 2 fully saturated rings. The van der Waals surface area contributed by atoms with Gasteiger partial charge in [0.15, 0.2) is 0 Å². The molecule has 0 aliphatic heterocycles. The van der Waals surface area contributed by atoms with E-state index in [1.807, 2.05) is 11.8 Å². The van der Waals surface area contributed by atoms with Gasteiger partial charge < -0.3 is 10.6 Å². The molecule has 16 heavy (non-hydrogen) atoms. The molecule has 2 N–H and O–H groups in total. The minimum absolute atomic E-state index is 0.179. The highest BCUT2D eigenvalue weighted by atomic mass is 32.2. The summed E-state index contributed by atoms with van der Waals surface area (Å²) in [7, 11) is 0. The average Bonchev–Trinajstić information content (AvgIpc) is 3.11. The highest BCUT2D eigenvalue weighted by Crippen LogP contribution is 2.27. The predicted molar refractivity (Wildman–Crippen MR) is 68.7 cm³/mol. The molecule has 0 aromatic rings. The molecule has 92 valence electrons. The van der Waals surface area contributed by atoms with Crippen LogP contribution in [0, 0.1) is 0 Å². The fourth-order valence-corrected chi connectivity index (χ4v) is 3.26. The fourth-order valence-electron chi connectivity index (χ4n) is 2.33. The first-order valence-electron chi connectivity index (χ1n) is 6.35. The van der Waals surface area contributed by atoms with Gasteiger partial charge in [0.2, 0.25) is 5.91 Å². The maximum atomic E-state index is 11.7. The molecular formula is C12H22N2OS. The first kappa shape index (κ1) is 12.2. The fraction of sp³-hybridized carbons (Fsp3) is 0.917. The van der Waals surface area contributed by atoms with E-state index in [2.05, 4.69) is 16.9 Å². The van der Waals surface area contributed by atoms with E-state index in [9.17, 15) is 4.79 Å². The van der Waals surface area contributed by atoms with Crippen LogP contribution in [0.1, 0.15) is 38.5 Å². The molecule has 0 bridgehead atoms. The van der Waals surface area contributed by atoms with Crippen LogP contribution in [0.4, 0.5) is 0 Å². The molecule has 2 aliphatic carbocycles. The summed E-state index contributed by atoms with van der Waals surface area (Å²) in [6.45, 7) is 0.502. The van der Waals surface area contributed by atoms with E-state index in [-0.39, 0.29) is 5.91 Å². The van der Waals surface area contributed by atoms with Crippen LogP contribution in [-0.4, -0.2) is 36.0 Å². The highest BCUT2D eigenvalue weighted by molar-refractivity contribution is 7.99. The van der Waals surface area contributed by atoms with E-state index >= 15 is 0 Å². The maximum absolute atomic E-state index is 11.7. The summed E-state index contributed by atoms with van der Waals surface area (Å²) in [6.07, 6.45) is 9.62. The average molecular weight is 242 g/mol. The summed E-state index contributed by atoms with van der Waals surface area (Å²) in [5, 5.41) is 7.06. The number of hydrogen-bond donors (Lipinski definition) is 2. The summed E-state index contributed by atoms with van der Waals surface area (Å²) in [5.74, 6) is 0.179. The van der Waals surface area contributed by atoms with Crippen LogP contribution in [0.3, 0.4) is 0 Å². The first-order chi connectivity index (χ1) is 7.79. The lowest BCUT2D eigenvalue weighted by molar-refractivity contribution is -0.121. The molecule has 0 heterocycles. The van der Waals surface area contributed by atoms with Gasteiger partial charge in [0.05, 0.1) is 6.54 Å². The lowest BCUT2D eigenvalue weighted by Gasteiger charge is -2.31. The van der Waals surface area contributed by atoms with E-state index in [4.69, 9.17) is 0 Å². The molecule has 3 nitrogen and oxygen atoms in total. The van der Waals surface area contributed by atoms with Crippen LogP contribution in [0.15, 0.2) is 0 Å². The van der Waals surface area contributed by atoms with Crippen molar-refractivity contribution in [3.63, 3.8) is 0 Å². The van der Waals surface area contributed by atoms with E-state index in [0.717, 1.165) is 6.42 Å². The Hall–Kier alpha value is -0.220. The van der Waals surface area contributed by atoms with Gasteiger partial charge >= 0.3 is 0 Å². The Kier molecular flexibility index (Phi) is 4.53. The van der Waals surface area contributed by atoms with Crippen LogP contribution >= 0.6 is 11.8 Å². The zero-order chi connectivity index (χ0) is 11.4. The van der Waals surface area contributed by atoms with Crippen molar-refractivity contribution >= 4 is 17.7 Å². The van der Waals surface area contributed by atoms with E-state index in [1.54, 1.807) is 0 Å². The van der Waals surface area contributed by atoms with Gasteiger partial charge in [-0.15, -0.1) is 0 Å². The second-order valence-corrected chi connectivity index (χ2v) is 5.96. The van der Waals surface area contributed by atoms with E-state index < -0.39 is 0 Å². The first-order valence-corrected chi connectivity index (χ1v) is 7.64. The minimum atomic E-state index is 0.179. The van der Waals surface area contributed by atoms with Gasteiger partial charge in [0, 0.05) is 17.3 Å². The SMILES string of the molecule is CSC1CCCCC1NC(=O)CNC1CC1. The third-order valence-electron chi connectivity index (χ3n) is 3.48. The third-order valence-corrected chi connectivity index (χ3v) is 4.65. The van der Waals surface area contributed by atoms with E-state index in [1.165, 1.54) is 32.1 Å². The van der Waals surface area contributed by atoms with Crippen molar-refractivity contribution in [1.82, 2.24) is 10.6 Å². The van der Waals surface area contributed by atoms with Gasteiger partial charge in [-0.2, -0.15) is 11.8 Å². The Morgan fingerprint density at radius 2 is 2.00 bits per heavy atom. The van der Waals surface area contributed by atoms with Crippen molar-refractivity contribution in [1.29, 1.82) is 0 Å². The molecule has 2 atom stereocenters. The Labute approximate surface area is 102 Å². The molecular weight excluding hydrogens is 220 g/mol. The molecule has 0 saturated heterocycles. The molecule has 0 radical (unpaired) electrons. The number of rotatable bonds is 5. The Morgan fingerprint density at radius 3 is 2.69 bits per heavy atom. The van der Waals surface area contributed by atoms with Gasteiger partial charge in [-0.1, -0.05) is 12.8 Å². The molecule has 2 aliphatic rings. The summed E-state index contributed by atoms with van der Waals surface area (Å²) in [6, 6.07) is 1.02. The lowest BCUT2D eigenvalue weighted by atomic mass is 9.95. The minimum Gasteiger partial charge on any atom is -0.351 e. The number of hydrogen-bond acceptors (Lipinski definition) is 3. The second kappa shape index (κ2) is 5.92. The highest BCUT2D eigenvalue weighted by Gasteiger charge is 2.26. The van der Waals surface area contributed by atoms with Crippen molar-refractivity contribution in [2.24, 2.45) is 0 Å². The number of carbonyl (C=O) groups excluding carboxylic acids is 1. The van der Waals surface area contributed by atoms with E-state index in [0.29, 0.717) is 23.9 Å². The summed E-state index contributed by atoms with van der Waals surface area (Å²) >= 11 is 1.90. The predicted octanol–water partition coefficient (Wildman–Crippen LogP) is 1.53. The molecule has 2 unspecified atom stereocenters. The smallest absolute Gasteiger partial charge is 0.234 e. The van der Waals surface area contributed by atoms with Crippen LogP contribution in [-0.2, 0) is 4.79 Å². The molecule has 4 heteroatoms. The molecule has 2 rings (SSSR count). The molecule has 0 aromatic carbocycles. The zero-order valence-electron chi connectivity index (χ0n) is 10.00. The van der Waals surface area contributed by atoms with Crippen LogP contribution in [0.2, 0.25) is 0 Å². The monoisotopic (exact) mass is 242 g/mol. The van der Waals surface area contributed by atoms with Crippen molar-refractivity contribution in [2.75, 3.05) is 12.8 Å². The van der Waals surface area contributed by atoms with Crippen LogP contribution in [0.5, 0.6) is 0 Å². The van der Waals surface area contributed by atoms with Crippen LogP contribution in [0.25, 0.3) is 0 Å². The lowest BCUT2D eigenvalue weighted by Crippen LogP contribution is -2.46. The zero-order valence-corrected chi connectivity index (χ0v) is 10.8. The molecule has 0 spiro atoms. The number of nitrogens with one attached hydrogen (secondary N) is 2. The molecule has 0 aromatic heterocycles. The number of carbonyl (C=O) groups is 1. The van der Waals surface area contributed by atoms with Crippen molar-refractivity contribution < 1.29 is 4.79 Å². The maximum Gasteiger partial charge on any atom is 0.234 e. The summed E-state index contributed by atoms with van der Waals surface area (Å²) in [5.41, 5.74) is 0. The Morgan fingerprint density at radius 1 is 1.25 bits per heavy atom. The number of amides is 1. The Bertz CT molecular complexity index is 243. The largest absolute Gasteiger partial charge is 0.351 e. The van der Waals surface area contributed by atoms with Crippen molar-refractivity contribution in [3.8, 4) is 0 Å². The normalized spacial score (nSPS) is 30.1. The van der Waals surface area contributed by atoms with Gasteiger partial charge in [0.1, 0.15) is 0 Å². The van der Waals surface area contributed by atoms with Gasteiger partial charge in [-0.3, -0.25) is 4.79 Å².